The van der Waals surface area contributed by atoms with Gasteiger partial charge in [0.15, 0.2) is 5.84 Å². The van der Waals surface area contributed by atoms with Crippen molar-refractivity contribution in [1.29, 1.82) is 0 Å². The molecule has 6 nitrogen and oxygen atoms in total. The Bertz CT molecular complexity index is 3070. The average Bonchev–Trinajstić information content (AvgIpc) is 3.89. The second-order valence-electron chi connectivity index (χ2n) is 12.9. The van der Waals surface area contributed by atoms with Crippen LogP contribution in [0.5, 0.6) is 0 Å². The summed E-state index contributed by atoms with van der Waals surface area (Å²) in [7, 11) is 0. The van der Waals surface area contributed by atoms with Crippen LogP contribution in [0.3, 0.4) is 0 Å². The molecule has 0 radical (unpaired) electrons. The molecule has 0 fully saturated rings. The highest BCUT2D eigenvalue weighted by Gasteiger charge is 2.26. The number of rotatable bonds is 4. The van der Waals surface area contributed by atoms with Crippen molar-refractivity contribution in [3.05, 3.63) is 168 Å². The Morgan fingerprint density at radius 2 is 1.08 bits per heavy atom. The van der Waals surface area contributed by atoms with Crippen molar-refractivity contribution < 1.29 is 13.3 Å². The number of aliphatic imine (C=N–C) groups is 2. The largest absolute Gasteiger partial charge is 0.456 e. The van der Waals surface area contributed by atoms with Crippen LogP contribution in [-0.2, 0) is 0 Å². The van der Waals surface area contributed by atoms with E-state index in [9.17, 15) is 0 Å². The molecule has 0 saturated heterocycles. The minimum Gasteiger partial charge on any atom is -0.456 e. The molecule has 0 bridgehead atoms. The zero-order chi connectivity index (χ0) is 33.5. The first-order valence-electron chi connectivity index (χ1n) is 17.0. The third-order valence-electron chi connectivity index (χ3n) is 9.97. The standard InChI is InChI=1S/C45H27N3O3/c1-2-11-26(12-3-1)43-46-44(27-21-24-38-34(25-27)28-13-4-7-17-35(28)49-38)48-45(47-43)33-23-22-30(42-41(33)32-15-6-9-19-37(32)51-42)29-16-10-20-39-40(29)31-14-5-8-18-36(31)50-39/h1-25,44H,(H,46,47,48). The maximum Gasteiger partial charge on any atom is 0.160 e. The van der Waals surface area contributed by atoms with E-state index in [1.807, 2.05) is 84.9 Å². The van der Waals surface area contributed by atoms with Gasteiger partial charge in [0.25, 0.3) is 0 Å². The lowest BCUT2D eigenvalue weighted by molar-refractivity contribution is 0.663. The fourth-order valence-corrected chi connectivity index (χ4v) is 7.62. The third-order valence-corrected chi connectivity index (χ3v) is 9.97. The summed E-state index contributed by atoms with van der Waals surface area (Å²) in [5, 5.41) is 9.89. The van der Waals surface area contributed by atoms with E-state index in [0.717, 1.165) is 99.5 Å². The van der Waals surface area contributed by atoms with Gasteiger partial charge in [-0.2, -0.15) is 0 Å². The molecule has 3 aromatic heterocycles. The Balaban J connectivity index is 1.15. The molecule has 10 aromatic rings. The second kappa shape index (κ2) is 10.8. The van der Waals surface area contributed by atoms with Crippen molar-refractivity contribution in [1.82, 2.24) is 5.32 Å². The van der Waals surface area contributed by atoms with Gasteiger partial charge in [0.2, 0.25) is 0 Å². The van der Waals surface area contributed by atoms with Crippen LogP contribution in [0.4, 0.5) is 0 Å². The minimum atomic E-state index is -0.398. The smallest absolute Gasteiger partial charge is 0.160 e. The highest BCUT2D eigenvalue weighted by molar-refractivity contribution is 6.25. The number of furan rings is 3. The number of hydrogen-bond donors (Lipinski definition) is 1. The first-order valence-corrected chi connectivity index (χ1v) is 17.0. The van der Waals surface area contributed by atoms with E-state index in [-0.39, 0.29) is 0 Å². The van der Waals surface area contributed by atoms with Crippen LogP contribution in [0.2, 0.25) is 0 Å². The molecule has 4 heterocycles. The van der Waals surface area contributed by atoms with Crippen LogP contribution in [-0.4, -0.2) is 11.7 Å². The zero-order valence-electron chi connectivity index (χ0n) is 27.1. The fourth-order valence-electron chi connectivity index (χ4n) is 7.62. The van der Waals surface area contributed by atoms with E-state index < -0.39 is 6.17 Å². The van der Waals surface area contributed by atoms with Gasteiger partial charge < -0.3 is 18.6 Å². The summed E-state index contributed by atoms with van der Waals surface area (Å²) in [6.45, 7) is 0. The highest BCUT2D eigenvalue weighted by atomic mass is 16.3. The molecule has 11 rings (SSSR count). The number of benzene rings is 7. The monoisotopic (exact) mass is 657 g/mol. The number of nitrogens with zero attached hydrogens (tertiary/aromatic N) is 2. The molecule has 7 aromatic carbocycles. The van der Waals surface area contributed by atoms with E-state index >= 15 is 0 Å². The topological polar surface area (TPSA) is 76.2 Å². The maximum absolute atomic E-state index is 6.75. The van der Waals surface area contributed by atoms with Crippen molar-refractivity contribution in [2.75, 3.05) is 0 Å². The molecule has 0 spiro atoms. The Morgan fingerprint density at radius 1 is 0.451 bits per heavy atom. The van der Waals surface area contributed by atoms with Gasteiger partial charge in [-0.1, -0.05) is 103 Å². The average molecular weight is 658 g/mol. The lowest BCUT2D eigenvalue weighted by atomic mass is 9.95. The summed E-state index contributed by atoms with van der Waals surface area (Å²) in [4.78, 5) is 10.5. The number of hydrogen-bond acceptors (Lipinski definition) is 6. The van der Waals surface area contributed by atoms with Gasteiger partial charge in [-0.05, 0) is 59.7 Å². The Kier molecular flexibility index (Phi) is 5.92. The van der Waals surface area contributed by atoms with Crippen LogP contribution in [0.15, 0.2) is 175 Å². The van der Waals surface area contributed by atoms with E-state index in [1.165, 1.54) is 0 Å². The van der Waals surface area contributed by atoms with Gasteiger partial charge in [-0.15, -0.1) is 0 Å². The SMILES string of the molecule is c1ccc(C2=NC(c3ccc(-c4cccc5oc6ccccc6c45)c4oc5ccccc5c34)=NC(c3ccc4oc5ccccc5c4c3)N2)cc1. The molecule has 51 heavy (non-hydrogen) atoms. The van der Waals surface area contributed by atoms with Gasteiger partial charge >= 0.3 is 0 Å². The zero-order valence-corrected chi connectivity index (χ0v) is 27.1. The Hall–Kier alpha value is -6.92. The molecule has 240 valence electrons. The molecule has 1 aliphatic rings. The molecular weight excluding hydrogens is 631 g/mol. The number of para-hydroxylation sites is 3. The molecular formula is C45H27N3O3. The van der Waals surface area contributed by atoms with Crippen molar-refractivity contribution in [3.63, 3.8) is 0 Å². The van der Waals surface area contributed by atoms with E-state index in [2.05, 4.69) is 72.0 Å². The summed E-state index contributed by atoms with van der Waals surface area (Å²) in [6, 6.07) is 51.5. The molecule has 6 heteroatoms. The summed E-state index contributed by atoms with van der Waals surface area (Å²) in [5.74, 6) is 1.38. The predicted molar refractivity (Wildman–Crippen MR) is 206 cm³/mol. The van der Waals surface area contributed by atoms with E-state index in [1.54, 1.807) is 0 Å². The lowest BCUT2D eigenvalue weighted by Crippen LogP contribution is -2.33. The fraction of sp³-hybridized carbons (Fsp3) is 0.0222. The summed E-state index contributed by atoms with van der Waals surface area (Å²) in [6.07, 6.45) is -0.398. The summed E-state index contributed by atoms with van der Waals surface area (Å²) in [5.41, 5.74) is 9.93. The molecule has 1 unspecified atom stereocenters. The molecule has 0 saturated carbocycles. The van der Waals surface area contributed by atoms with Crippen molar-refractivity contribution >= 4 is 77.5 Å². The maximum atomic E-state index is 6.75. The van der Waals surface area contributed by atoms with Crippen LogP contribution >= 0.6 is 0 Å². The molecule has 1 N–H and O–H groups in total. The van der Waals surface area contributed by atoms with E-state index in [4.69, 9.17) is 23.2 Å². The van der Waals surface area contributed by atoms with Gasteiger partial charge in [-0.3, -0.25) is 0 Å². The highest BCUT2D eigenvalue weighted by Crippen LogP contribution is 2.43. The molecule has 0 aliphatic carbocycles. The van der Waals surface area contributed by atoms with Gasteiger partial charge in [0, 0.05) is 49.0 Å². The molecule has 1 atom stereocenters. The number of nitrogens with one attached hydrogen (secondary N) is 1. The number of amidine groups is 2. The van der Waals surface area contributed by atoms with Crippen molar-refractivity contribution in [2.24, 2.45) is 9.98 Å². The normalized spacial score (nSPS) is 14.9. The number of fused-ring (bicyclic) bond motifs is 9. The summed E-state index contributed by atoms with van der Waals surface area (Å²) >= 11 is 0. The van der Waals surface area contributed by atoms with Crippen molar-refractivity contribution in [2.45, 2.75) is 6.17 Å². The van der Waals surface area contributed by atoms with Crippen LogP contribution in [0.1, 0.15) is 22.9 Å². The van der Waals surface area contributed by atoms with Gasteiger partial charge in [-0.25, -0.2) is 9.98 Å². The quantitative estimate of drug-likeness (QED) is 0.204. The lowest BCUT2D eigenvalue weighted by Gasteiger charge is -2.24. The predicted octanol–water partition coefficient (Wildman–Crippen LogP) is 11.5. The summed E-state index contributed by atoms with van der Waals surface area (Å²) < 4.78 is 19.2. The third kappa shape index (κ3) is 4.30. The van der Waals surface area contributed by atoms with Gasteiger partial charge in [0.1, 0.15) is 45.5 Å². The van der Waals surface area contributed by atoms with Crippen LogP contribution in [0, 0.1) is 0 Å². The molecule has 0 amide bonds. The first-order chi connectivity index (χ1) is 25.3. The van der Waals surface area contributed by atoms with E-state index in [0.29, 0.717) is 5.84 Å². The molecule has 1 aliphatic heterocycles. The van der Waals surface area contributed by atoms with Crippen molar-refractivity contribution in [3.8, 4) is 11.1 Å². The van der Waals surface area contributed by atoms with Gasteiger partial charge in [0.05, 0.1) is 0 Å². The Morgan fingerprint density at radius 3 is 1.90 bits per heavy atom. The van der Waals surface area contributed by atoms with Crippen LogP contribution in [0.25, 0.3) is 76.9 Å². The Labute approximate surface area is 291 Å². The van der Waals surface area contributed by atoms with Crippen LogP contribution < -0.4 is 5.32 Å². The minimum absolute atomic E-state index is 0.398. The second-order valence-corrected chi connectivity index (χ2v) is 12.9. The first kappa shape index (κ1) is 28.0.